The summed E-state index contributed by atoms with van der Waals surface area (Å²) in [5.41, 5.74) is -2.55. The summed E-state index contributed by atoms with van der Waals surface area (Å²) < 4.78 is 72.9. The monoisotopic (exact) mass is 555 g/mol. The molecule has 2 aromatic heterocycles. The third-order valence-corrected chi connectivity index (χ3v) is 6.44. The Bertz CT molecular complexity index is 1370. The van der Waals surface area contributed by atoms with E-state index in [1.54, 1.807) is 0 Å². The second-order valence-electron chi connectivity index (χ2n) is 7.91. The van der Waals surface area contributed by atoms with Crippen molar-refractivity contribution in [3.8, 4) is 11.6 Å². The van der Waals surface area contributed by atoms with Crippen LogP contribution in [0.4, 0.5) is 23.2 Å². The van der Waals surface area contributed by atoms with Gasteiger partial charge < -0.3 is 19.7 Å². The number of nitrogens with one attached hydrogen (secondary N) is 1. The molecular formula is C23H21F4N5O5S. The third-order valence-electron chi connectivity index (χ3n) is 5.10. The van der Waals surface area contributed by atoms with Gasteiger partial charge in [-0.1, -0.05) is 6.07 Å². The second-order valence-corrected chi connectivity index (χ2v) is 9.43. The average Bonchev–Trinajstić information content (AvgIpc) is 2.83. The summed E-state index contributed by atoms with van der Waals surface area (Å²) in [6, 6.07) is 7.52. The van der Waals surface area contributed by atoms with Crippen molar-refractivity contribution in [2.45, 2.75) is 37.9 Å². The van der Waals surface area contributed by atoms with Crippen LogP contribution in [-0.2, 0) is 22.3 Å². The molecule has 38 heavy (non-hydrogen) atoms. The Balaban J connectivity index is 1.99. The SMILES string of the molecule is Cc1nc(F)ccc1Oc1nnc(C(F)(F)F)c(C)c1C(=O)Nc1cccc([S+]([O-])N(C)C(=O)[C@H](C)O)c1. The maximum atomic E-state index is 13.5. The van der Waals surface area contributed by atoms with Crippen molar-refractivity contribution in [1.29, 1.82) is 0 Å². The zero-order valence-corrected chi connectivity index (χ0v) is 21.1. The first-order valence-electron chi connectivity index (χ1n) is 10.7. The zero-order valence-electron chi connectivity index (χ0n) is 20.3. The number of nitrogens with zero attached hydrogens (tertiary/aromatic N) is 4. The number of anilines is 1. The number of likely N-dealkylation sites (N-methyl/N-ethyl adjacent to an activating group) is 1. The molecule has 0 saturated heterocycles. The van der Waals surface area contributed by atoms with Crippen LogP contribution in [0, 0.1) is 19.8 Å². The highest BCUT2D eigenvalue weighted by atomic mass is 32.2. The highest BCUT2D eigenvalue weighted by Crippen LogP contribution is 2.35. The molecule has 0 fully saturated rings. The van der Waals surface area contributed by atoms with Gasteiger partial charge >= 0.3 is 6.18 Å². The van der Waals surface area contributed by atoms with Crippen LogP contribution in [0.2, 0.25) is 0 Å². The summed E-state index contributed by atoms with van der Waals surface area (Å²) in [4.78, 5) is 28.8. The van der Waals surface area contributed by atoms with E-state index in [4.69, 9.17) is 4.74 Å². The van der Waals surface area contributed by atoms with Gasteiger partial charge in [-0.3, -0.25) is 9.59 Å². The van der Waals surface area contributed by atoms with Gasteiger partial charge in [0.15, 0.2) is 16.3 Å². The molecule has 2 amide bonds. The first-order valence-corrected chi connectivity index (χ1v) is 11.9. The normalized spacial score (nSPS) is 13.0. The Morgan fingerprint density at radius 3 is 2.47 bits per heavy atom. The quantitative estimate of drug-likeness (QED) is 0.256. The van der Waals surface area contributed by atoms with Crippen molar-refractivity contribution in [3.63, 3.8) is 0 Å². The summed E-state index contributed by atoms with van der Waals surface area (Å²) in [6.45, 7) is 3.60. The molecule has 15 heteroatoms. The highest BCUT2D eigenvalue weighted by molar-refractivity contribution is 7.89. The lowest BCUT2D eigenvalue weighted by atomic mass is 10.1. The molecule has 2 atom stereocenters. The van der Waals surface area contributed by atoms with Crippen molar-refractivity contribution in [2.75, 3.05) is 12.4 Å². The molecule has 3 aromatic rings. The summed E-state index contributed by atoms with van der Waals surface area (Å²) in [5, 5.41) is 18.4. The largest absolute Gasteiger partial charge is 0.588 e. The number of carbonyl (C=O) groups excluding carboxylic acids is 2. The van der Waals surface area contributed by atoms with Crippen molar-refractivity contribution in [1.82, 2.24) is 19.5 Å². The number of benzene rings is 1. The van der Waals surface area contributed by atoms with Crippen LogP contribution in [0.15, 0.2) is 41.3 Å². The van der Waals surface area contributed by atoms with E-state index in [-0.39, 0.29) is 22.0 Å². The van der Waals surface area contributed by atoms with Gasteiger partial charge in [-0.15, -0.1) is 10.2 Å². The molecule has 0 saturated carbocycles. The average molecular weight is 556 g/mol. The summed E-state index contributed by atoms with van der Waals surface area (Å²) >= 11 is -2.06. The number of amides is 2. The van der Waals surface area contributed by atoms with Gasteiger partial charge in [-0.25, -0.2) is 4.98 Å². The molecule has 202 valence electrons. The number of ether oxygens (including phenoxy) is 1. The van der Waals surface area contributed by atoms with Crippen LogP contribution in [0.25, 0.3) is 0 Å². The summed E-state index contributed by atoms with van der Waals surface area (Å²) in [7, 11) is 1.21. The number of aliphatic hydroxyl groups excluding tert-OH is 1. The topological polar surface area (TPSA) is 141 Å². The molecule has 0 bridgehead atoms. The van der Waals surface area contributed by atoms with E-state index in [0.717, 1.165) is 23.4 Å². The summed E-state index contributed by atoms with van der Waals surface area (Å²) in [5.74, 6) is -3.37. The van der Waals surface area contributed by atoms with Crippen molar-refractivity contribution in [2.24, 2.45) is 0 Å². The Morgan fingerprint density at radius 1 is 1.18 bits per heavy atom. The molecule has 0 aliphatic heterocycles. The lowest BCUT2D eigenvalue weighted by Gasteiger charge is -2.21. The minimum absolute atomic E-state index is 0.0223. The molecule has 2 heterocycles. The number of aliphatic hydroxyl groups is 1. The fourth-order valence-corrected chi connectivity index (χ4v) is 4.27. The Kier molecular flexibility index (Phi) is 8.54. The fourth-order valence-electron chi connectivity index (χ4n) is 3.22. The number of aryl methyl sites for hydroxylation is 1. The first-order chi connectivity index (χ1) is 17.7. The van der Waals surface area contributed by atoms with Crippen molar-refractivity contribution < 1.29 is 41.5 Å². The summed E-state index contributed by atoms with van der Waals surface area (Å²) in [6.07, 6.45) is -6.34. The standard InChI is InChI=1S/C23H21F4N5O5S/c1-11-18(20(34)29-14-6-5-7-15(10-14)38(36)32(4)22(35)13(3)33)21(31-30-19(11)23(25,26)27)37-16-8-9-17(24)28-12(16)2/h5-10,13,33H,1-4H3,(H,29,34)/t13-,38?/m0/s1. The number of pyridine rings is 1. The number of rotatable bonds is 7. The van der Waals surface area contributed by atoms with Crippen LogP contribution >= 0.6 is 0 Å². The Labute approximate surface area is 217 Å². The predicted octanol–water partition coefficient (Wildman–Crippen LogP) is 3.55. The van der Waals surface area contributed by atoms with Crippen LogP contribution in [0.5, 0.6) is 11.6 Å². The molecular weight excluding hydrogens is 534 g/mol. The van der Waals surface area contributed by atoms with Gasteiger partial charge in [0.1, 0.15) is 23.0 Å². The van der Waals surface area contributed by atoms with Crippen LogP contribution in [0.1, 0.15) is 34.2 Å². The van der Waals surface area contributed by atoms with Gasteiger partial charge in [0, 0.05) is 11.8 Å². The fraction of sp³-hybridized carbons (Fsp3) is 0.261. The smallest absolute Gasteiger partial charge is 0.435 e. The van der Waals surface area contributed by atoms with Crippen LogP contribution in [0.3, 0.4) is 0 Å². The molecule has 10 nitrogen and oxygen atoms in total. The minimum atomic E-state index is -4.93. The molecule has 2 N–H and O–H groups in total. The lowest BCUT2D eigenvalue weighted by molar-refractivity contribution is -0.142. The van der Waals surface area contributed by atoms with Crippen LogP contribution < -0.4 is 10.1 Å². The van der Waals surface area contributed by atoms with E-state index in [2.05, 4.69) is 20.5 Å². The van der Waals surface area contributed by atoms with Crippen LogP contribution in [-0.4, -0.2) is 54.1 Å². The maximum Gasteiger partial charge on any atom is 0.435 e. The highest BCUT2D eigenvalue weighted by Gasteiger charge is 2.38. The van der Waals surface area contributed by atoms with Crippen molar-refractivity contribution >= 4 is 28.9 Å². The third kappa shape index (κ3) is 6.35. The number of alkyl halides is 3. The molecule has 0 spiro atoms. The van der Waals surface area contributed by atoms with Gasteiger partial charge in [-0.2, -0.15) is 21.9 Å². The number of hydrogen-bond donors (Lipinski definition) is 2. The predicted molar refractivity (Wildman–Crippen MR) is 126 cm³/mol. The van der Waals surface area contributed by atoms with Gasteiger partial charge in [0.2, 0.25) is 5.95 Å². The van der Waals surface area contributed by atoms with E-state index in [1.165, 1.54) is 45.2 Å². The molecule has 1 unspecified atom stereocenters. The molecule has 3 rings (SSSR count). The van der Waals surface area contributed by atoms with E-state index in [9.17, 15) is 36.8 Å². The van der Waals surface area contributed by atoms with Gasteiger partial charge in [-0.05, 0) is 50.6 Å². The number of hydrogen-bond acceptors (Lipinski definition) is 8. The maximum absolute atomic E-state index is 13.5. The Morgan fingerprint density at radius 2 is 1.87 bits per heavy atom. The molecule has 0 aliphatic carbocycles. The Hall–Kier alpha value is -3.82. The minimum Gasteiger partial charge on any atom is -0.588 e. The van der Waals surface area contributed by atoms with E-state index >= 15 is 0 Å². The first kappa shape index (κ1) is 28.7. The number of carbonyl (C=O) groups is 2. The number of aromatic nitrogens is 3. The second kappa shape index (κ2) is 11.3. The van der Waals surface area contributed by atoms with E-state index in [0.29, 0.717) is 0 Å². The molecule has 0 radical (unpaired) electrons. The van der Waals surface area contributed by atoms with Gasteiger partial charge in [0.25, 0.3) is 17.7 Å². The lowest BCUT2D eigenvalue weighted by Crippen LogP contribution is -2.39. The molecule has 1 aromatic carbocycles. The van der Waals surface area contributed by atoms with E-state index < -0.39 is 64.1 Å². The number of halogens is 4. The van der Waals surface area contributed by atoms with Crippen molar-refractivity contribution in [3.05, 3.63) is 64.9 Å². The van der Waals surface area contributed by atoms with E-state index in [1.807, 2.05) is 0 Å². The molecule has 0 aliphatic rings. The van der Waals surface area contributed by atoms with Gasteiger partial charge in [0.05, 0.1) is 12.7 Å². The zero-order chi connectivity index (χ0) is 28.4.